The summed E-state index contributed by atoms with van der Waals surface area (Å²) >= 11 is 2.20. The zero-order chi connectivity index (χ0) is 13.1. The highest BCUT2D eigenvalue weighted by molar-refractivity contribution is 14.1. The molecule has 1 amide bonds. The first-order valence-electron chi connectivity index (χ1n) is 5.59. The fraction of sp³-hybridized carbons (Fsp3) is 0.250. The lowest BCUT2D eigenvalue weighted by atomic mass is 10.2. The lowest BCUT2D eigenvalue weighted by molar-refractivity contribution is 0.101. The van der Waals surface area contributed by atoms with E-state index in [2.05, 4.69) is 43.1 Å². The number of rotatable bonds is 3. The molecule has 1 aromatic heterocycles. The summed E-state index contributed by atoms with van der Waals surface area (Å²) in [6.45, 7) is 3.90. The molecule has 0 aliphatic heterocycles. The van der Waals surface area contributed by atoms with Crippen molar-refractivity contribution < 1.29 is 4.79 Å². The number of H-pyrrole nitrogens is 1. The van der Waals surface area contributed by atoms with Gasteiger partial charge in [0, 0.05) is 15.7 Å². The van der Waals surface area contributed by atoms with Gasteiger partial charge in [0.15, 0.2) is 0 Å². The average molecular weight is 356 g/mol. The first-order valence-corrected chi connectivity index (χ1v) is 6.66. The Morgan fingerprint density at radius 2 is 2.28 bits per heavy atom. The third kappa shape index (κ3) is 2.87. The van der Waals surface area contributed by atoms with Gasteiger partial charge in [0.05, 0.1) is 0 Å². The molecule has 0 aliphatic rings. The van der Waals surface area contributed by atoms with E-state index in [0.29, 0.717) is 5.82 Å². The summed E-state index contributed by atoms with van der Waals surface area (Å²) in [5, 5.41) is 9.43. The van der Waals surface area contributed by atoms with Crippen LogP contribution in [0.4, 0.5) is 5.69 Å². The molecule has 5 nitrogen and oxygen atoms in total. The van der Waals surface area contributed by atoms with Crippen molar-refractivity contribution in [2.75, 3.05) is 5.32 Å². The summed E-state index contributed by atoms with van der Waals surface area (Å²) in [5.41, 5.74) is 1.80. The van der Waals surface area contributed by atoms with Crippen LogP contribution in [-0.2, 0) is 6.42 Å². The number of hydrogen-bond donors (Lipinski definition) is 2. The molecule has 2 N–H and O–H groups in total. The van der Waals surface area contributed by atoms with E-state index in [1.807, 2.05) is 32.0 Å². The first kappa shape index (κ1) is 13.0. The molecule has 0 fully saturated rings. The van der Waals surface area contributed by atoms with Gasteiger partial charge in [-0.1, -0.05) is 13.0 Å². The van der Waals surface area contributed by atoms with Crippen molar-refractivity contribution in [3.63, 3.8) is 0 Å². The molecule has 94 valence electrons. The van der Waals surface area contributed by atoms with E-state index in [0.717, 1.165) is 21.2 Å². The predicted molar refractivity (Wildman–Crippen MR) is 77.6 cm³/mol. The van der Waals surface area contributed by atoms with Gasteiger partial charge in [-0.05, 0) is 47.2 Å². The number of aromatic amines is 1. The monoisotopic (exact) mass is 356 g/mol. The molecule has 2 rings (SSSR count). The standard InChI is InChI=1S/C12H13IN4O/c1-3-10-15-11(17-16-10)12(18)14-9-6-8(13)5-4-7(9)2/h4-6H,3H2,1-2H3,(H,14,18)(H,15,16,17). The number of carbonyl (C=O) groups excluding carboxylic acids is 1. The quantitative estimate of drug-likeness (QED) is 0.831. The molecule has 0 bridgehead atoms. The average Bonchev–Trinajstić information content (AvgIpc) is 2.82. The molecule has 0 unspecified atom stereocenters. The molecular formula is C12H13IN4O. The number of amides is 1. The van der Waals surface area contributed by atoms with Crippen LogP contribution < -0.4 is 5.32 Å². The largest absolute Gasteiger partial charge is 0.319 e. The highest BCUT2D eigenvalue weighted by Crippen LogP contribution is 2.18. The zero-order valence-corrected chi connectivity index (χ0v) is 12.3. The van der Waals surface area contributed by atoms with Crippen LogP contribution in [-0.4, -0.2) is 21.1 Å². The van der Waals surface area contributed by atoms with Gasteiger partial charge in [0.2, 0.25) is 5.82 Å². The Labute approximate surface area is 119 Å². The molecule has 18 heavy (non-hydrogen) atoms. The minimum Gasteiger partial charge on any atom is -0.319 e. The summed E-state index contributed by atoms with van der Waals surface area (Å²) < 4.78 is 1.07. The number of halogens is 1. The SMILES string of the molecule is CCc1nc(C(=O)Nc2cc(I)ccc2C)n[nH]1. The van der Waals surface area contributed by atoms with Gasteiger partial charge >= 0.3 is 0 Å². The normalized spacial score (nSPS) is 10.4. The molecule has 6 heteroatoms. The minimum atomic E-state index is -0.295. The van der Waals surface area contributed by atoms with E-state index in [1.165, 1.54) is 0 Å². The fourth-order valence-electron chi connectivity index (χ4n) is 1.46. The Hall–Kier alpha value is -1.44. The Bertz CT molecular complexity index is 579. The van der Waals surface area contributed by atoms with E-state index in [4.69, 9.17) is 0 Å². The molecule has 0 radical (unpaired) electrons. The molecule has 1 heterocycles. The molecule has 0 saturated heterocycles. The second kappa shape index (κ2) is 5.47. The maximum Gasteiger partial charge on any atom is 0.295 e. The Balaban J connectivity index is 2.18. The van der Waals surface area contributed by atoms with E-state index < -0.39 is 0 Å². The van der Waals surface area contributed by atoms with Gasteiger partial charge < -0.3 is 5.32 Å². The number of aromatic nitrogens is 3. The molecule has 0 atom stereocenters. The maximum absolute atomic E-state index is 11.9. The van der Waals surface area contributed by atoms with Crippen molar-refractivity contribution in [1.29, 1.82) is 0 Å². The van der Waals surface area contributed by atoms with Crippen molar-refractivity contribution in [2.24, 2.45) is 0 Å². The molecule has 0 aliphatic carbocycles. The second-order valence-electron chi connectivity index (χ2n) is 3.87. The van der Waals surface area contributed by atoms with Crippen molar-refractivity contribution in [1.82, 2.24) is 15.2 Å². The number of anilines is 1. The number of benzene rings is 1. The first-order chi connectivity index (χ1) is 8.60. The van der Waals surface area contributed by atoms with Gasteiger partial charge in [-0.2, -0.15) is 0 Å². The van der Waals surface area contributed by atoms with Crippen LogP contribution in [0.15, 0.2) is 18.2 Å². The number of nitrogens with one attached hydrogen (secondary N) is 2. The van der Waals surface area contributed by atoms with Crippen LogP contribution in [0, 0.1) is 10.5 Å². The summed E-state index contributed by atoms with van der Waals surface area (Å²) in [6, 6.07) is 5.88. The third-order valence-electron chi connectivity index (χ3n) is 2.52. The smallest absolute Gasteiger partial charge is 0.295 e. The number of aryl methyl sites for hydroxylation is 2. The summed E-state index contributed by atoms with van der Waals surface area (Å²) in [5.74, 6) is 0.584. The summed E-state index contributed by atoms with van der Waals surface area (Å²) in [7, 11) is 0. The fourth-order valence-corrected chi connectivity index (χ4v) is 1.95. The highest BCUT2D eigenvalue weighted by Gasteiger charge is 2.13. The van der Waals surface area contributed by atoms with E-state index >= 15 is 0 Å². The summed E-state index contributed by atoms with van der Waals surface area (Å²) in [6.07, 6.45) is 0.725. The van der Waals surface area contributed by atoms with Gasteiger partial charge in [-0.25, -0.2) is 4.98 Å². The van der Waals surface area contributed by atoms with E-state index in [-0.39, 0.29) is 11.7 Å². The Morgan fingerprint density at radius 3 is 2.94 bits per heavy atom. The number of carbonyl (C=O) groups is 1. The maximum atomic E-state index is 11.9. The van der Waals surface area contributed by atoms with Gasteiger partial charge in [-0.15, -0.1) is 5.10 Å². The van der Waals surface area contributed by atoms with Crippen molar-refractivity contribution in [3.8, 4) is 0 Å². The Morgan fingerprint density at radius 1 is 1.50 bits per heavy atom. The minimum absolute atomic E-state index is 0.171. The Kier molecular flexibility index (Phi) is 3.95. The molecule has 1 aromatic carbocycles. The summed E-state index contributed by atoms with van der Waals surface area (Å²) in [4.78, 5) is 16.0. The molecule has 0 spiro atoms. The molecule has 2 aromatic rings. The molecule has 0 saturated carbocycles. The van der Waals surface area contributed by atoms with Crippen molar-refractivity contribution in [2.45, 2.75) is 20.3 Å². The third-order valence-corrected chi connectivity index (χ3v) is 3.19. The van der Waals surface area contributed by atoms with Crippen LogP contribution in [0.25, 0.3) is 0 Å². The lowest BCUT2D eigenvalue weighted by Gasteiger charge is -2.06. The zero-order valence-electron chi connectivity index (χ0n) is 10.1. The van der Waals surface area contributed by atoms with Crippen molar-refractivity contribution in [3.05, 3.63) is 39.0 Å². The number of hydrogen-bond acceptors (Lipinski definition) is 3. The van der Waals surface area contributed by atoms with Gasteiger partial charge in [0.25, 0.3) is 5.91 Å². The van der Waals surface area contributed by atoms with Crippen LogP contribution >= 0.6 is 22.6 Å². The van der Waals surface area contributed by atoms with Crippen molar-refractivity contribution >= 4 is 34.2 Å². The second-order valence-corrected chi connectivity index (χ2v) is 5.12. The topological polar surface area (TPSA) is 70.7 Å². The van der Waals surface area contributed by atoms with Crippen LogP contribution in [0.1, 0.15) is 28.9 Å². The molecular weight excluding hydrogens is 343 g/mol. The lowest BCUT2D eigenvalue weighted by Crippen LogP contribution is -2.14. The highest BCUT2D eigenvalue weighted by atomic mass is 127. The van der Waals surface area contributed by atoms with Crippen LogP contribution in [0.5, 0.6) is 0 Å². The van der Waals surface area contributed by atoms with Crippen LogP contribution in [0.3, 0.4) is 0 Å². The number of nitrogens with zero attached hydrogens (tertiary/aromatic N) is 2. The van der Waals surface area contributed by atoms with Gasteiger partial charge in [-0.3, -0.25) is 9.89 Å². The predicted octanol–water partition coefficient (Wildman–Crippen LogP) is 2.53. The van der Waals surface area contributed by atoms with Crippen LogP contribution in [0.2, 0.25) is 0 Å². The van der Waals surface area contributed by atoms with E-state index in [1.54, 1.807) is 0 Å². The van der Waals surface area contributed by atoms with Gasteiger partial charge in [0.1, 0.15) is 5.82 Å². The van der Waals surface area contributed by atoms with E-state index in [9.17, 15) is 4.79 Å².